The van der Waals surface area contributed by atoms with Crippen molar-refractivity contribution in [2.24, 2.45) is 5.92 Å². The molecule has 1 heterocycles. The number of nitrogens with one attached hydrogen (secondary N) is 1. The molecule has 0 unspecified atom stereocenters. The Balaban J connectivity index is 1.37. The van der Waals surface area contributed by atoms with Gasteiger partial charge in [0, 0.05) is 19.0 Å². The molecule has 1 aliphatic heterocycles. The highest BCUT2D eigenvalue weighted by molar-refractivity contribution is 7.89. The Labute approximate surface area is 199 Å². The number of nitrogens with zero attached hydrogens (tertiary/aromatic N) is 1. The van der Waals surface area contributed by atoms with Crippen LogP contribution in [-0.2, 0) is 25.1 Å². The summed E-state index contributed by atoms with van der Waals surface area (Å²) in [6.45, 7) is 2.43. The third kappa shape index (κ3) is 4.86. The van der Waals surface area contributed by atoms with Gasteiger partial charge in [-0.1, -0.05) is 12.1 Å². The normalized spacial score (nSPS) is 18.6. The number of hydrogen-bond donors (Lipinski definition) is 1. The van der Waals surface area contributed by atoms with Gasteiger partial charge in [-0.05, 0) is 81.0 Å². The Kier molecular flexibility index (Phi) is 7.04. The highest BCUT2D eigenvalue weighted by Crippen LogP contribution is 2.42. The maximum atomic E-state index is 13.3. The molecule has 9 heteroatoms. The molecule has 2 aliphatic rings. The first-order valence-electron chi connectivity index (χ1n) is 11.6. The fraction of sp³-hybridized carbons (Fsp3) is 0.440. The summed E-state index contributed by atoms with van der Waals surface area (Å²) in [4.78, 5) is 24.9. The lowest BCUT2D eigenvalue weighted by atomic mass is 9.71. The van der Waals surface area contributed by atoms with E-state index >= 15 is 0 Å². The van der Waals surface area contributed by atoms with Crippen LogP contribution in [0.15, 0.2) is 53.4 Å². The monoisotopic (exact) mass is 488 g/mol. The summed E-state index contributed by atoms with van der Waals surface area (Å²) in [7, 11) is -3.73. The van der Waals surface area contributed by atoms with Gasteiger partial charge in [-0.25, -0.2) is 17.6 Å². The SMILES string of the molecule is CCOC(=O)c1ccc(S(=O)(=O)N2CCC(C(=O)NC3(c4ccc(F)cc4)CCC3)CC2)cc1. The van der Waals surface area contributed by atoms with Gasteiger partial charge in [0.2, 0.25) is 15.9 Å². The lowest BCUT2D eigenvalue weighted by Crippen LogP contribution is -2.53. The second-order valence-corrected chi connectivity index (χ2v) is 10.8. The molecule has 1 saturated heterocycles. The van der Waals surface area contributed by atoms with Crippen LogP contribution >= 0.6 is 0 Å². The molecule has 7 nitrogen and oxygen atoms in total. The fourth-order valence-corrected chi connectivity index (χ4v) is 6.08. The van der Waals surface area contributed by atoms with Crippen LogP contribution in [0.25, 0.3) is 0 Å². The first-order valence-corrected chi connectivity index (χ1v) is 13.0. The molecule has 4 rings (SSSR count). The van der Waals surface area contributed by atoms with Crippen LogP contribution in [0.5, 0.6) is 0 Å². The number of ether oxygens (including phenoxy) is 1. The maximum absolute atomic E-state index is 13.3. The van der Waals surface area contributed by atoms with Crippen LogP contribution in [0.3, 0.4) is 0 Å². The maximum Gasteiger partial charge on any atom is 0.338 e. The summed E-state index contributed by atoms with van der Waals surface area (Å²) in [6.07, 6.45) is 3.44. The molecule has 1 aliphatic carbocycles. The lowest BCUT2D eigenvalue weighted by molar-refractivity contribution is -0.129. The molecule has 0 aromatic heterocycles. The van der Waals surface area contributed by atoms with Crippen molar-refractivity contribution in [1.29, 1.82) is 0 Å². The van der Waals surface area contributed by atoms with E-state index in [4.69, 9.17) is 4.74 Å². The lowest BCUT2D eigenvalue weighted by Gasteiger charge is -2.44. The Bertz CT molecular complexity index is 1140. The minimum Gasteiger partial charge on any atom is -0.462 e. The first-order chi connectivity index (χ1) is 16.2. The minimum absolute atomic E-state index is 0.0835. The Morgan fingerprint density at radius 3 is 2.21 bits per heavy atom. The number of carbonyl (C=O) groups excluding carboxylic acids is 2. The molecule has 0 atom stereocenters. The number of esters is 1. The summed E-state index contributed by atoms with van der Waals surface area (Å²) in [5.74, 6) is -1.17. The molecule has 0 radical (unpaired) electrons. The largest absolute Gasteiger partial charge is 0.462 e. The topological polar surface area (TPSA) is 92.8 Å². The molecule has 0 spiro atoms. The predicted octanol–water partition coefficient (Wildman–Crippen LogP) is 3.60. The highest BCUT2D eigenvalue weighted by atomic mass is 32.2. The van der Waals surface area contributed by atoms with Crippen molar-refractivity contribution < 1.29 is 27.1 Å². The zero-order valence-electron chi connectivity index (χ0n) is 19.1. The molecule has 34 heavy (non-hydrogen) atoms. The summed E-state index contributed by atoms with van der Waals surface area (Å²) >= 11 is 0. The average Bonchev–Trinajstić information content (AvgIpc) is 2.82. The van der Waals surface area contributed by atoms with Gasteiger partial charge < -0.3 is 10.1 Å². The van der Waals surface area contributed by atoms with Crippen LogP contribution in [0, 0.1) is 11.7 Å². The highest BCUT2D eigenvalue weighted by Gasteiger charge is 2.42. The van der Waals surface area contributed by atoms with Gasteiger partial charge in [-0.2, -0.15) is 4.31 Å². The van der Waals surface area contributed by atoms with Gasteiger partial charge in [0.15, 0.2) is 0 Å². The second-order valence-electron chi connectivity index (χ2n) is 8.86. The van der Waals surface area contributed by atoms with Crippen LogP contribution in [0.1, 0.15) is 54.9 Å². The van der Waals surface area contributed by atoms with Crippen molar-refractivity contribution in [2.75, 3.05) is 19.7 Å². The molecular formula is C25H29FN2O5S. The minimum atomic E-state index is -3.73. The van der Waals surface area contributed by atoms with E-state index in [1.54, 1.807) is 19.1 Å². The standard InChI is InChI=1S/C25H29FN2O5S/c1-2-33-24(30)19-4-10-22(11-5-19)34(31,32)28-16-12-18(13-17-28)23(29)27-25(14-3-15-25)20-6-8-21(26)9-7-20/h4-11,18H,2-3,12-17H2,1H3,(H,27,29). The van der Waals surface area contributed by atoms with E-state index in [1.165, 1.54) is 40.7 Å². The van der Waals surface area contributed by atoms with E-state index in [-0.39, 0.29) is 42.2 Å². The van der Waals surface area contributed by atoms with E-state index in [0.29, 0.717) is 18.4 Å². The van der Waals surface area contributed by atoms with Gasteiger partial charge in [-0.15, -0.1) is 0 Å². The van der Waals surface area contributed by atoms with Gasteiger partial charge in [0.25, 0.3) is 0 Å². The van der Waals surface area contributed by atoms with Crippen molar-refractivity contribution in [3.05, 3.63) is 65.5 Å². The summed E-state index contributed by atoms with van der Waals surface area (Å²) < 4.78 is 45.7. The number of benzene rings is 2. The molecule has 2 aromatic rings. The third-order valence-corrected chi connectivity index (χ3v) is 8.71. The number of sulfonamides is 1. The van der Waals surface area contributed by atoms with E-state index in [2.05, 4.69) is 5.32 Å². The number of halogens is 1. The fourth-order valence-electron chi connectivity index (χ4n) is 4.61. The van der Waals surface area contributed by atoms with E-state index in [9.17, 15) is 22.4 Å². The number of amides is 1. The third-order valence-electron chi connectivity index (χ3n) is 6.79. The number of hydrogen-bond acceptors (Lipinski definition) is 5. The van der Waals surface area contributed by atoms with Crippen molar-refractivity contribution in [3.63, 3.8) is 0 Å². The quantitative estimate of drug-likeness (QED) is 0.601. The van der Waals surface area contributed by atoms with Crippen molar-refractivity contribution >= 4 is 21.9 Å². The van der Waals surface area contributed by atoms with Crippen LogP contribution in [0.4, 0.5) is 4.39 Å². The molecule has 182 valence electrons. The smallest absolute Gasteiger partial charge is 0.338 e. The van der Waals surface area contributed by atoms with Crippen molar-refractivity contribution in [1.82, 2.24) is 9.62 Å². The zero-order chi connectivity index (χ0) is 24.3. The predicted molar refractivity (Wildman–Crippen MR) is 124 cm³/mol. The van der Waals surface area contributed by atoms with Crippen molar-refractivity contribution in [2.45, 2.75) is 49.5 Å². The van der Waals surface area contributed by atoms with Gasteiger partial charge in [0.1, 0.15) is 5.82 Å². The first kappa shape index (κ1) is 24.3. The molecule has 1 amide bonds. The molecule has 1 saturated carbocycles. The summed E-state index contributed by atoms with van der Waals surface area (Å²) in [5, 5.41) is 3.17. The van der Waals surface area contributed by atoms with E-state index < -0.39 is 21.5 Å². The Hall–Kier alpha value is -2.78. The van der Waals surface area contributed by atoms with Crippen LogP contribution in [-0.4, -0.2) is 44.3 Å². The molecule has 1 N–H and O–H groups in total. The summed E-state index contributed by atoms with van der Waals surface area (Å²) in [5.41, 5.74) is 0.733. The Morgan fingerprint density at radius 1 is 1.06 bits per heavy atom. The van der Waals surface area contributed by atoms with Gasteiger partial charge in [-0.3, -0.25) is 4.79 Å². The van der Waals surface area contributed by atoms with Gasteiger partial charge >= 0.3 is 5.97 Å². The van der Waals surface area contributed by atoms with Crippen LogP contribution < -0.4 is 5.32 Å². The number of piperidine rings is 1. The summed E-state index contributed by atoms with van der Waals surface area (Å²) in [6, 6.07) is 12.0. The molecule has 0 bridgehead atoms. The van der Waals surface area contributed by atoms with Gasteiger partial charge in [0.05, 0.1) is 22.6 Å². The zero-order valence-corrected chi connectivity index (χ0v) is 19.9. The second kappa shape index (κ2) is 9.84. The molecular weight excluding hydrogens is 459 g/mol. The van der Waals surface area contributed by atoms with E-state index in [0.717, 1.165) is 24.8 Å². The molecule has 2 fully saturated rings. The van der Waals surface area contributed by atoms with E-state index in [1.807, 2.05) is 0 Å². The van der Waals surface area contributed by atoms with Crippen LogP contribution in [0.2, 0.25) is 0 Å². The molecule has 2 aromatic carbocycles. The average molecular weight is 489 g/mol. The number of rotatable bonds is 7. The number of carbonyl (C=O) groups is 2. The van der Waals surface area contributed by atoms with Crippen molar-refractivity contribution in [3.8, 4) is 0 Å². The Morgan fingerprint density at radius 2 is 1.68 bits per heavy atom.